The zero-order valence-corrected chi connectivity index (χ0v) is 37.0. The normalized spacial score (nSPS) is 12.1. The summed E-state index contributed by atoms with van der Waals surface area (Å²) in [7, 11) is 0. The average Bonchev–Trinajstić information content (AvgIpc) is 4.15. The third-order valence-electron chi connectivity index (χ3n) is 14.8. The first kappa shape index (κ1) is 37.3. The van der Waals surface area contributed by atoms with Crippen molar-refractivity contribution >= 4 is 76.2 Å². The molecule has 4 aromatic heterocycles. The Morgan fingerprint density at radius 3 is 0.838 bits per heavy atom. The van der Waals surface area contributed by atoms with Gasteiger partial charge in [-0.3, -0.25) is 0 Å². The Morgan fingerprint density at radius 1 is 0.206 bits per heavy atom. The van der Waals surface area contributed by atoms with Gasteiger partial charge in [0.1, 0.15) is 0 Å². The van der Waals surface area contributed by atoms with Gasteiger partial charge in [-0.25, -0.2) is 0 Å². The molecule has 0 unspecified atom stereocenters. The van der Waals surface area contributed by atoms with Crippen molar-refractivity contribution in [3.8, 4) is 66.8 Å². The lowest BCUT2D eigenvalue weighted by atomic mass is 9.87. The minimum atomic E-state index is 1.20. The van der Waals surface area contributed by atoms with Gasteiger partial charge in [-0.2, -0.15) is 0 Å². The Morgan fingerprint density at radius 2 is 0.500 bits per heavy atom. The molecule has 0 aliphatic carbocycles. The predicted molar refractivity (Wildman–Crippen MR) is 288 cm³/mol. The Labute approximate surface area is 392 Å². The van der Waals surface area contributed by atoms with Gasteiger partial charge in [-0.15, -0.1) is 0 Å². The first-order valence-corrected chi connectivity index (χ1v) is 23.6. The Kier molecular flexibility index (Phi) is 7.81. The number of nitrogens with zero attached hydrogens (tertiary/aromatic N) is 2. The third kappa shape index (κ3) is 5.12. The Balaban J connectivity index is 1.07. The van der Waals surface area contributed by atoms with E-state index in [-0.39, 0.29) is 0 Å². The van der Waals surface area contributed by atoms with Crippen molar-refractivity contribution in [1.82, 2.24) is 8.80 Å². The molecule has 0 atom stereocenters. The maximum atomic E-state index is 2.59. The lowest BCUT2D eigenvalue weighted by Crippen LogP contribution is -1.91. The zero-order chi connectivity index (χ0) is 44.5. The van der Waals surface area contributed by atoms with Crippen LogP contribution in [0.4, 0.5) is 0 Å². The average molecular weight is 861 g/mol. The SMILES string of the molecule is c1ccc(-c2cccc(-c3ccccc3)c2-c2ccc3c4c5c6ccccc6n6c7cc(-c8c(-c9ccccc9)cccc8-c8ccccc8)ccc7c(c7c8ccccc8n(c3c2)c74)c56)cc1. The van der Waals surface area contributed by atoms with Crippen molar-refractivity contribution in [3.63, 3.8) is 0 Å². The second kappa shape index (κ2) is 14.3. The van der Waals surface area contributed by atoms with E-state index in [4.69, 9.17) is 0 Å². The zero-order valence-electron chi connectivity index (χ0n) is 37.0. The van der Waals surface area contributed by atoms with Crippen LogP contribution in [0.3, 0.4) is 0 Å². The third-order valence-corrected chi connectivity index (χ3v) is 14.8. The van der Waals surface area contributed by atoms with Crippen molar-refractivity contribution in [2.24, 2.45) is 0 Å². The van der Waals surface area contributed by atoms with Gasteiger partial charge in [0.05, 0.1) is 33.1 Å². The Hall–Kier alpha value is -8.98. The highest BCUT2D eigenvalue weighted by atomic mass is 14.9. The molecule has 0 amide bonds. The molecule has 15 rings (SSSR count). The van der Waals surface area contributed by atoms with Crippen LogP contribution in [0.2, 0.25) is 0 Å². The largest absolute Gasteiger partial charge is 0.308 e. The van der Waals surface area contributed by atoms with Crippen LogP contribution in [0.1, 0.15) is 0 Å². The van der Waals surface area contributed by atoms with Crippen LogP contribution in [-0.4, -0.2) is 8.80 Å². The molecule has 2 heteroatoms. The molecule has 0 aliphatic heterocycles. The van der Waals surface area contributed by atoms with Crippen LogP contribution in [0.15, 0.2) is 243 Å². The lowest BCUT2D eigenvalue weighted by molar-refractivity contribution is 1.37. The molecule has 0 aliphatic rings. The number of rotatable bonds is 6. The molecule has 0 bridgehead atoms. The van der Waals surface area contributed by atoms with E-state index in [1.807, 2.05) is 0 Å². The highest BCUT2D eigenvalue weighted by Crippen LogP contribution is 2.53. The number of hydrogen-bond acceptors (Lipinski definition) is 0. The van der Waals surface area contributed by atoms with E-state index in [0.717, 1.165) is 0 Å². The smallest absolute Gasteiger partial charge is 0.0634 e. The first-order chi connectivity index (χ1) is 33.8. The number of benzene rings is 11. The molecule has 68 heavy (non-hydrogen) atoms. The van der Waals surface area contributed by atoms with Gasteiger partial charge in [-0.05, 0) is 91.0 Å². The first-order valence-electron chi connectivity index (χ1n) is 23.6. The lowest BCUT2D eigenvalue weighted by Gasteiger charge is -2.17. The second-order valence-corrected chi connectivity index (χ2v) is 18.3. The van der Waals surface area contributed by atoms with Gasteiger partial charge in [0, 0.05) is 43.1 Å². The van der Waals surface area contributed by atoms with Gasteiger partial charge in [0.15, 0.2) is 0 Å². The highest BCUT2D eigenvalue weighted by molar-refractivity contribution is 6.45. The van der Waals surface area contributed by atoms with E-state index in [0.29, 0.717) is 0 Å². The molecule has 2 nitrogen and oxygen atoms in total. The Bertz CT molecular complexity index is 4040. The van der Waals surface area contributed by atoms with E-state index in [1.165, 1.54) is 143 Å². The summed E-state index contributed by atoms with van der Waals surface area (Å²) in [6.07, 6.45) is 0. The summed E-state index contributed by atoms with van der Waals surface area (Å²) in [5, 5.41) is 10.4. The molecule has 4 heterocycles. The van der Waals surface area contributed by atoms with Gasteiger partial charge in [0.25, 0.3) is 0 Å². The van der Waals surface area contributed by atoms with E-state index in [2.05, 4.69) is 251 Å². The van der Waals surface area contributed by atoms with Gasteiger partial charge in [-0.1, -0.05) is 218 Å². The maximum absolute atomic E-state index is 2.59. The molecule has 314 valence electrons. The van der Waals surface area contributed by atoms with E-state index in [9.17, 15) is 0 Å². The van der Waals surface area contributed by atoms with Crippen LogP contribution in [0.5, 0.6) is 0 Å². The summed E-state index contributed by atoms with van der Waals surface area (Å²) in [6, 6.07) is 89.6. The number of hydrogen-bond donors (Lipinski definition) is 0. The maximum Gasteiger partial charge on any atom is 0.0634 e. The van der Waals surface area contributed by atoms with Crippen LogP contribution in [0, 0.1) is 0 Å². The molecule has 0 saturated heterocycles. The molecule has 0 N–H and O–H groups in total. The fraction of sp³-hybridized carbons (Fsp3) is 0. The van der Waals surface area contributed by atoms with E-state index in [1.54, 1.807) is 0 Å². The summed E-state index contributed by atoms with van der Waals surface area (Å²) in [6.45, 7) is 0. The van der Waals surface area contributed by atoms with E-state index >= 15 is 0 Å². The summed E-state index contributed by atoms with van der Waals surface area (Å²) in [4.78, 5) is 0. The van der Waals surface area contributed by atoms with Crippen LogP contribution < -0.4 is 0 Å². The number of para-hydroxylation sites is 2. The highest BCUT2D eigenvalue weighted by Gasteiger charge is 2.29. The molecule has 15 aromatic rings. The van der Waals surface area contributed by atoms with Crippen molar-refractivity contribution in [2.75, 3.05) is 0 Å². The van der Waals surface area contributed by atoms with Crippen molar-refractivity contribution in [1.29, 1.82) is 0 Å². The fourth-order valence-electron chi connectivity index (χ4n) is 12.0. The van der Waals surface area contributed by atoms with Gasteiger partial charge in [0.2, 0.25) is 0 Å². The molecule has 0 saturated carbocycles. The topological polar surface area (TPSA) is 8.82 Å². The van der Waals surface area contributed by atoms with Crippen molar-refractivity contribution in [3.05, 3.63) is 243 Å². The minimum Gasteiger partial charge on any atom is -0.308 e. The molecule has 0 spiro atoms. The van der Waals surface area contributed by atoms with Crippen LogP contribution in [-0.2, 0) is 0 Å². The predicted octanol–water partition coefficient (Wildman–Crippen LogP) is 18.0. The number of aromatic nitrogens is 2. The minimum absolute atomic E-state index is 1.20. The molecule has 0 fully saturated rings. The quantitative estimate of drug-likeness (QED) is 0.157. The summed E-state index contributed by atoms with van der Waals surface area (Å²) in [5.74, 6) is 0. The van der Waals surface area contributed by atoms with Gasteiger partial charge >= 0.3 is 0 Å². The fourth-order valence-corrected chi connectivity index (χ4v) is 12.0. The summed E-state index contributed by atoms with van der Waals surface area (Å²) < 4.78 is 5.17. The summed E-state index contributed by atoms with van der Waals surface area (Å²) >= 11 is 0. The van der Waals surface area contributed by atoms with Crippen LogP contribution >= 0.6 is 0 Å². The second-order valence-electron chi connectivity index (χ2n) is 18.3. The van der Waals surface area contributed by atoms with Crippen molar-refractivity contribution in [2.45, 2.75) is 0 Å². The molecule has 0 radical (unpaired) electrons. The van der Waals surface area contributed by atoms with Gasteiger partial charge < -0.3 is 8.80 Å². The molecule has 11 aromatic carbocycles. The monoisotopic (exact) mass is 860 g/mol. The summed E-state index contributed by atoms with van der Waals surface area (Å²) in [5.41, 5.74) is 22.1. The molecular formula is C66H40N2. The number of fused-ring (bicyclic) bond motifs is 14. The van der Waals surface area contributed by atoms with E-state index < -0.39 is 0 Å². The van der Waals surface area contributed by atoms with Crippen LogP contribution in [0.25, 0.3) is 143 Å². The standard InChI is InChI=1S/C66H40N2/c1-5-19-41(20-6-1)47-29-17-30-48(42-21-7-2-8-22-42)59(47)45-35-37-53-57(39-45)67-55-33-15-13-27-51(55)62-64-54-38-36-46(40-58(54)68-56-34-16-14-28-52(56)61(66(64)68)63(53)65(62)67)60-49(43-23-9-3-10-24-43)31-18-32-50(60)44-25-11-4-12-26-44/h1-40H. The van der Waals surface area contributed by atoms with Crippen molar-refractivity contribution < 1.29 is 0 Å². The molecular weight excluding hydrogens is 821 g/mol.